The van der Waals surface area contributed by atoms with E-state index in [1.807, 2.05) is 0 Å². The van der Waals surface area contributed by atoms with Crippen LogP contribution in [-0.4, -0.2) is 72.9 Å². The maximum atomic E-state index is 10.1. The van der Waals surface area contributed by atoms with Gasteiger partial charge in [0.15, 0.2) is 0 Å². The van der Waals surface area contributed by atoms with Crippen molar-refractivity contribution in [1.82, 2.24) is 15.1 Å². The van der Waals surface area contributed by atoms with Crippen LogP contribution in [0.2, 0.25) is 0 Å². The van der Waals surface area contributed by atoms with Gasteiger partial charge < -0.3 is 20.2 Å². The Morgan fingerprint density at radius 2 is 1.95 bits per heavy atom. The third-order valence-electron chi connectivity index (χ3n) is 4.89. The maximum absolute atomic E-state index is 10.1. The summed E-state index contributed by atoms with van der Waals surface area (Å²) in [6, 6.07) is 1.20. The largest absolute Gasteiger partial charge is 0.390 e. The van der Waals surface area contributed by atoms with Gasteiger partial charge in [-0.1, -0.05) is 6.92 Å². The molecule has 4 heteroatoms. The SMILES string of the molecule is CC1CN(C)C(C)CC1NCC(O)CN1CCCC1. The zero-order valence-electron chi connectivity index (χ0n) is 12.8. The first-order chi connectivity index (χ1) is 9.06. The van der Waals surface area contributed by atoms with Gasteiger partial charge in [-0.2, -0.15) is 0 Å². The molecule has 2 fully saturated rings. The molecular weight excluding hydrogens is 238 g/mol. The van der Waals surface area contributed by atoms with E-state index in [2.05, 4.69) is 36.0 Å². The van der Waals surface area contributed by atoms with Crippen molar-refractivity contribution < 1.29 is 5.11 Å². The van der Waals surface area contributed by atoms with E-state index in [0.717, 1.165) is 19.6 Å². The molecule has 112 valence electrons. The normalized spacial score (nSPS) is 35.7. The summed E-state index contributed by atoms with van der Waals surface area (Å²) in [6.45, 7) is 9.66. The molecule has 2 rings (SSSR count). The lowest BCUT2D eigenvalue weighted by Gasteiger charge is -2.40. The zero-order valence-corrected chi connectivity index (χ0v) is 12.8. The smallest absolute Gasteiger partial charge is 0.0791 e. The second-order valence-corrected chi connectivity index (χ2v) is 6.68. The fraction of sp³-hybridized carbons (Fsp3) is 1.00. The Morgan fingerprint density at radius 3 is 2.63 bits per heavy atom. The van der Waals surface area contributed by atoms with Gasteiger partial charge in [0.25, 0.3) is 0 Å². The number of nitrogens with zero attached hydrogens (tertiary/aromatic N) is 2. The minimum Gasteiger partial charge on any atom is -0.390 e. The number of aliphatic hydroxyl groups excluding tert-OH is 1. The topological polar surface area (TPSA) is 38.7 Å². The monoisotopic (exact) mass is 269 g/mol. The molecule has 19 heavy (non-hydrogen) atoms. The van der Waals surface area contributed by atoms with Crippen molar-refractivity contribution in [3.05, 3.63) is 0 Å². The average molecular weight is 269 g/mol. The van der Waals surface area contributed by atoms with Crippen molar-refractivity contribution in [2.24, 2.45) is 5.92 Å². The van der Waals surface area contributed by atoms with Gasteiger partial charge in [-0.25, -0.2) is 0 Å². The fourth-order valence-electron chi connectivity index (χ4n) is 3.44. The van der Waals surface area contributed by atoms with Crippen molar-refractivity contribution in [2.45, 2.75) is 51.3 Å². The Labute approximate surface area is 118 Å². The lowest BCUT2D eigenvalue weighted by molar-refractivity contribution is 0.0917. The highest BCUT2D eigenvalue weighted by atomic mass is 16.3. The summed E-state index contributed by atoms with van der Waals surface area (Å²) in [6.07, 6.45) is 3.56. The second kappa shape index (κ2) is 7.02. The summed E-state index contributed by atoms with van der Waals surface area (Å²) in [5, 5.41) is 13.7. The number of hydrogen-bond donors (Lipinski definition) is 2. The predicted molar refractivity (Wildman–Crippen MR) is 79.3 cm³/mol. The molecule has 4 unspecified atom stereocenters. The van der Waals surface area contributed by atoms with Crippen LogP contribution in [0.1, 0.15) is 33.1 Å². The summed E-state index contributed by atoms with van der Waals surface area (Å²) >= 11 is 0. The van der Waals surface area contributed by atoms with Crippen LogP contribution in [0.25, 0.3) is 0 Å². The van der Waals surface area contributed by atoms with Crippen molar-refractivity contribution in [1.29, 1.82) is 0 Å². The minimum atomic E-state index is -0.222. The number of likely N-dealkylation sites (tertiary alicyclic amines) is 2. The minimum absolute atomic E-state index is 0.222. The molecule has 0 spiro atoms. The molecule has 0 bridgehead atoms. The molecule has 0 radical (unpaired) electrons. The van der Waals surface area contributed by atoms with Gasteiger partial charge in [0.05, 0.1) is 6.10 Å². The molecule has 0 saturated carbocycles. The Morgan fingerprint density at radius 1 is 1.26 bits per heavy atom. The van der Waals surface area contributed by atoms with Crippen molar-refractivity contribution >= 4 is 0 Å². The van der Waals surface area contributed by atoms with Crippen molar-refractivity contribution in [3.63, 3.8) is 0 Å². The Bertz CT molecular complexity index is 268. The van der Waals surface area contributed by atoms with Crippen LogP contribution in [0.5, 0.6) is 0 Å². The molecule has 4 atom stereocenters. The first-order valence-corrected chi connectivity index (χ1v) is 7.90. The van der Waals surface area contributed by atoms with Crippen LogP contribution in [-0.2, 0) is 0 Å². The highest BCUT2D eigenvalue weighted by Gasteiger charge is 2.29. The summed E-state index contributed by atoms with van der Waals surface area (Å²) in [5.74, 6) is 0.667. The lowest BCUT2D eigenvalue weighted by atomic mass is 9.90. The van der Waals surface area contributed by atoms with E-state index in [1.54, 1.807) is 0 Å². The number of hydrogen-bond acceptors (Lipinski definition) is 4. The van der Waals surface area contributed by atoms with E-state index in [4.69, 9.17) is 0 Å². The van der Waals surface area contributed by atoms with Gasteiger partial charge in [0.2, 0.25) is 0 Å². The van der Waals surface area contributed by atoms with Crippen molar-refractivity contribution in [3.8, 4) is 0 Å². The molecular formula is C15H31N3O. The van der Waals surface area contributed by atoms with Crippen LogP contribution >= 0.6 is 0 Å². The Balaban J connectivity index is 1.68. The van der Waals surface area contributed by atoms with Gasteiger partial charge in [0, 0.05) is 31.7 Å². The highest BCUT2D eigenvalue weighted by Crippen LogP contribution is 2.20. The van der Waals surface area contributed by atoms with Crippen molar-refractivity contribution in [2.75, 3.05) is 39.8 Å². The van der Waals surface area contributed by atoms with Crippen LogP contribution in [0.4, 0.5) is 0 Å². The number of nitrogens with one attached hydrogen (secondary N) is 1. The van der Waals surface area contributed by atoms with Crippen LogP contribution < -0.4 is 5.32 Å². The van der Waals surface area contributed by atoms with Gasteiger partial charge in [-0.3, -0.25) is 0 Å². The molecule has 2 aliphatic heterocycles. The van der Waals surface area contributed by atoms with E-state index in [0.29, 0.717) is 18.0 Å². The number of piperidine rings is 1. The highest BCUT2D eigenvalue weighted by molar-refractivity contribution is 4.86. The molecule has 2 heterocycles. The standard InChI is InChI=1S/C15H31N3O/c1-12-10-17(3)13(2)8-15(12)16-9-14(19)11-18-6-4-5-7-18/h12-16,19H,4-11H2,1-3H3. The molecule has 0 amide bonds. The predicted octanol–water partition coefficient (Wildman–Crippen LogP) is 0.761. The Kier molecular flexibility index (Phi) is 5.63. The van der Waals surface area contributed by atoms with Gasteiger partial charge in [-0.15, -0.1) is 0 Å². The van der Waals surface area contributed by atoms with Gasteiger partial charge >= 0.3 is 0 Å². The maximum Gasteiger partial charge on any atom is 0.0791 e. The van der Waals surface area contributed by atoms with Gasteiger partial charge in [-0.05, 0) is 52.2 Å². The van der Waals surface area contributed by atoms with Crippen LogP contribution in [0.3, 0.4) is 0 Å². The van der Waals surface area contributed by atoms with Crippen LogP contribution in [0, 0.1) is 5.92 Å². The molecule has 0 aromatic heterocycles. The first kappa shape index (κ1) is 15.2. The molecule has 2 saturated heterocycles. The summed E-state index contributed by atoms with van der Waals surface area (Å²) in [7, 11) is 2.21. The number of aliphatic hydroxyl groups is 1. The zero-order chi connectivity index (χ0) is 13.8. The first-order valence-electron chi connectivity index (χ1n) is 7.90. The molecule has 4 nitrogen and oxygen atoms in total. The molecule has 2 aliphatic rings. The molecule has 0 aliphatic carbocycles. The van der Waals surface area contributed by atoms with E-state index >= 15 is 0 Å². The lowest BCUT2D eigenvalue weighted by Crippen LogP contribution is -2.52. The summed E-state index contributed by atoms with van der Waals surface area (Å²) in [5.41, 5.74) is 0. The fourth-order valence-corrected chi connectivity index (χ4v) is 3.44. The average Bonchev–Trinajstić information content (AvgIpc) is 2.85. The van der Waals surface area contributed by atoms with E-state index in [9.17, 15) is 5.11 Å². The van der Waals surface area contributed by atoms with Gasteiger partial charge in [0.1, 0.15) is 0 Å². The van der Waals surface area contributed by atoms with E-state index in [1.165, 1.54) is 32.4 Å². The number of rotatable bonds is 5. The number of β-amino-alcohol motifs (C(OH)–C–C–N with tert-alkyl or cyclic N) is 1. The van der Waals surface area contributed by atoms with E-state index in [-0.39, 0.29) is 6.10 Å². The third kappa shape index (κ3) is 4.42. The second-order valence-electron chi connectivity index (χ2n) is 6.68. The molecule has 2 N–H and O–H groups in total. The third-order valence-corrected chi connectivity index (χ3v) is 4.89. The van der Waals surface area contributed by atoms with Crippen LogP contribution in [0.15, 0.2) is 0 Å². The quantitative estimate of drug-likeness (QED) is 0.773. The summed E-state index contributed by atoms with van der Waals surface area (Å²) in [4.78, 5) is 4.82. The molecule has 0 aromatic carbocycles. The van der Waals surface area contributed by atoms with E-state index < -0.39 is 0 Å². The summed E-state index contributed by atoms with van der Waals surface area (Å²) < 4.78 is 0. The molecule has 0 aromatic rings. The Hall–Kier alpha value is -0.160.